The highest BCUT2D eigenvalue weighted by molar-refractivity contribution is 6.31. The molecule has 5 heteroatoms. The van der Waals surface area contributed by atoms with Gasteiger partial charge in [0, 0.05) is 11.5 Å². The first-order valence-electron chi connectivity index (χ1n) is 7.38. The Morgan fingerprint density at radius 2 is 1.90 bits per heavy atom. The van der Waals surface area contributed by atoms with E-state index in [-0.39, 0.29) is 16.8 Å². The van der Waals surface area contributed by atoms with Crippen LogP contribution in [0.1, 0.15) is 50.2 Å². The molecule has 0 atom stereocenters. The normalized spacial score (nSPS) is 16.9. The number of hydrogen-bond acceptors (Lipinski definition) is 3. The summed E-state index contributed by atoms with van der Waals surface area (Å²) in [6.07, 6.45) is 6.85. The highest BCUT2D eigenvalue weighted by Gasteiger charge is 2.27. The number of halogens is 2. The van der Waals surface area contributed by atoms with Crippen molar-refractivity contribution in [2.45, 2.75) is 44.4 Å². The fourth-order valence-electron chi connectivity index (χ4n) is 3.10. The minimum Gasteiger partial charge on any atom is -0.380 e. The molecule has 3 nitrogen and oxygen atoms in total. The SMILES string of the molecule is Nc1noc(C2CCCCCC2)c1-c1cccc(Cl)c1F. The average molecular weight is 309 g/mol. The van der Waals surface area contributed by atoms with Gasteiger partial charge in [-0.2, -0.15) is 0 Å². The van der Waals surface area contributed by atoms with E-state index >= 15 is 0 Å². The van der Waals surface area contributed by atoms with Gasteiger partial charge >= 0.3 is 0 Å². The molecule has 2 aromatic rings. The molecule has 3 rings (SSSR count). The molecule has 0 spiro atoms. The fraction of sp³-hybridized carbons (Fsp3) is 0.438. The van der Waals surface area contributed by atoms with Gasteiger partial charge in [-0.15, -0.1) is 0 Å². The first kappa shape index (κ1) is 14.4. The topological polar surface area (TPSA) is 52.0 Å². The minimum atomic E-state index is -0.469. The number of nitrogen functional groups attached to an aromatic ring is 1. The molecule has 21 heavy (non-hydrogen) atoms. The number of nitrogens with zero attached hydrogens (tertiary/aromatic N) is 1. The molecule has 1 fully saturated rings. The number of aromatic nitrogens is 1. The Labute approximate surface area is 128 Å². The van der Waals surface area contributed by atoms with Crippen LogP contribution in [0.5, 0.6) is 0 Å². The molecule has 0 unspecified atom stereocenters. The van der Waals surface area contributed by atoms with E-state index in [9.17, 15) is 4.39 Å². The lowest BCUT2D eigenvalue weighted by Crippen LogP contribution is -2.00. The summed E-state index contributed by atoms with van der Waals surface area (Å²) in [6, 6.07) is 4.91. The van der Waals surface area contributed by atoms with Crippen LogP contribution in [0.25, 0.3) is 11.1 Å². The lowest BCUT2D eigenvalue weighted by atomic mass is 9.92. The molecule has 0 radical (unpaired) electrons. The standard InChI is InChI=1S/C16H18ClFN2O/c17-12-9-5-8-11(14(12)18)13-15(21-20-16(13)19)10-6-3-1-2-4-7-10/h5,8-10H,1-4,6-7H2,(H2,19,20). The summed E-state index contributed by atoms with van der Waals surface area (Å²) >= 11 is 5.88. The van der Waals surface area contributed by atoms with E-state index < -0.39 is 5.82 Å². The Morgan fingerprint density at radius 3 is 2.62 bits per heavy atom. The molecule has 0 bridgehead atoms. The van der Waals surface area contributed by atoms with Gasteiger partial charge in [0.15, 0.2) is 5.82 Å². The second kappa shape index (κ2) is 6.06. The smallest absolute Gasteiger partial charge is 0.175 e. The first-order valence-corrected chi connectivity index (χ1v) is 7.75. The quantitative estimate of drug-likeness (QED) is 0.780. The Bertz CT molecular complexity index is 633. The van der Waals surface area contributed by atoms with Crippen molar-refractivity contribution in [3.05, 3.63) is 34.8 Å². The van der Waals surface area contributed by atoms with Gasteiger partial charge in [0.25, 0.3) is 0 Å². The minimum absolute atomic E-state index is 0.0833. The number of hydrogen-bond donors (Lipinski definition) is 1. The second-order valence-electron chi connectivity index (χ2n) is 5.60. The average Bonchev–Trinajstić information content (AvgIpc) is 2.70. The Balaban J connectivity index is 2.06. The van der Waals surface area contributed by atoms with Gasteiger partial charge in [-0.3, -0.25) is 0 Å². The van der Waals surface area contributed by atoms with Gasteiger partial charge in [0.05, 0.1) is 10.6 Å². The van der Waals surface area contributed by atoms with Crippen LogP contribution in [0.3, 0.4) is 0 Å². The summed E-state index contributed by atoms with van der Waals surface area (Å²) in [5.41, 5.74) is 6.87. The summed E-state index contributed by atoms with van der Waals surface area (Å²) in [4.78, 5) is 0. The number of rotatable bonds is 2. The zero-order chi connectivity index (χ0) is 14.8. The number of benzene rings is 1. The van der Waals surface area contributed by atoms with E-state index in [0.29, 0.717) is 16.9 Å². The van der Waals surface area contributed by atoms with E-state index in [1.165, 1.54) is 18.9 Å². The Kier molecular flexibility index (Phi) is 4.15. The van der Waals surface area contributed by atoms with E-state index in [4.69, 9.17) is 21.9 Å². The van der Waals surface area contributed by atoms with Gasteiger partial charge in [-0.05, 0) is 18.9 Å². The molecule has 0 saturated heterocycles. The van der Waals surface area contributed by atoms with Crippen LogP contribution in [0, 0.1) is 5.82 Å². The van der Waals surface area contributed by atoms with Crippen LogP contribution in [0.4, 0.5) is 10.2 Å². The largest absolute Gasteiger partial charge is 0.380 e. The highest BCUT2D eigenvalue weighted by atomic mass is 35.5. The van der Waals surface area contributed by atoms with Crippen molar-refractivity contribution >= 4 is 17.4 Å². The monoisotopic (exact) mass is 308 g/mol. The Hall–Kier alpha value is -1.55. The van der Waals surface area contributed by atoms with E-state index in [1.54, 1.807) is 12.1 Å². The molecular weight excluding hydrogens is 291 g/mol. The summed E-state index contributed by atoms with van der Waals surface area (Å²) in [6.45, 7) is 0. The highest BCUT2D eigenvalue weighted by Crippen LogP contribution is 2.41. The van der Waals surface area contributed by atoms with E-state index in [1.807, 2.05) is 0 Å². The number of anilines is 1. The second-order valence-corrected chi connectivity index (χ2v) is 6.00. The maximum Gasteiger partial charge on any atom is 0.175 e. The van der Waals surface area contributed by atoms with Crippen LogP contribution in [0.2, 0.25) is 5.02 Å². The van der Waals surface area contributed by atoms with Crippen molar-refractivity contribution in [2.75, 3.05) is 5.73 Å². The summed E-state index contributed by atoms with van der Waals surface area (Å²) < 4.78 is 19.8. The lowest BCUT2D eigenvalue weighted by molar-refractivity contribution is 0.350. The molecule has 2 N–H and O–H groups in total. The molecule has 1 saturated carbocycles. The van der Waals surface area contributed by atoms with E-state index in [0.717, 1.165) is 25.7 Å². The third-order valence-corrected chi connectivity index (χ3v) is 4.48. The maximum absolute atomic E-state index is 14.3. The van der Waals surface area contributed by atoms with Crippen LogP contribution in [0.15, 0.2) is 22.7 Å². The van der Waals surface area contributed by atoms with Crippen molar-refractivity contribution < 1.29 is 8.91 Å². The third kappa shape index (κ3) is 2.77. The van der Waals surface area contributed by atoms with Crippen molar-refractivity contribution in [1.82, 2.24) is 5.16 Å². The van der Waals surface area contributed by atoms with Crippen molar-refractivity contribution in [1.29, 1.82) is 0 Å². The van der Waals surface area contributed by atoms with Crippen molar-refractivity contribution in [2.24, 2.45) is 0 Å². The molecule has 112 valence electrons. The predicted molar refractivity (Wildman–Crippen MR) is 81.8 cm³/mol. The van der Waals surface area contributed by atoms with Gasteiger partial charge in [-0.25, -0.2) is 4.39 Å². The molecule has 1 aliphatic carbocycles. The van der Waals surface area contributed by atoms with Crippen LogP contribution < -0.4 is 5.73 Å². The van der Waals surface area contributed by atoms with Crippen LogP contribution in [-0.2, 0) is 0 Å². The van der Waals surface area contributed by atoms with E-state index in [2.05, 4.69) is 5.16 Å². The van der Waals surface area contributed by atoms with Crippen LogP contribution >= 0.6 is 11.6 Å². The maximum atomic E-state index is 14.3. The van der Waals surface area contributed by atoms with Gasteiger partial charge < -0.3 is 10.3 Å². The molecule has 1 heterocycles. The molecule has 0 amide bonds. The van der Waals surface area contributed by atoms with Crippen LogP contribution in [-0.4, -0.2) is 5.16 Å². The summed E-state index contributed by atoms with van der Waals surface area (Å²) in [7, 11) is 0. The summed E-state index contributed by atoms with van der Waals surface area (Å²) in [5, 5.41) is 3.95. The molecular formula is C16H18ClFN2O. The fourth-order valence-corrected chi connectivity index (χ4v) is 3.28. The van der Waals surface area contributed by atoms with Gasteiger partial charge in [0.1, 0.15) is 11.6 Å². The van der Waals surface area contributed by atoms with Gasteiger partial charge in [0.2, 0.25) is 0 Å². The molecule has 1 aromatic carbocycles. The summed E-state index contributed by atoms with van der Waals surface area (Å²) in [5.74, 6) is 0.723. The van der Waals surface area contributed by atoms with Crippen molar-refractivity contribution in [3.8, 4) is 11.1 Å². The Morgan fingerprint density at radius 1 is 1.19 bits per heavy atom. The lowest BCUT2D eigenvalue weighted by Gasteiger charge is -2.13. The predicted octanol–water partition coefficient (Wildman–Crippen LogP) is 5.15. The van der Waals surface area contributed by atoms with Crippen molar-refractivity contribution in [3.63, 3.8) is 0 Å². The molecule has 0 aliphatic heterocycles. The first-order chi connectivity index (χ1) is 10.2. The molecule has 1 aromatic heterocycles. The molecule has 1 aliphatic rings. The zero-order valence-corrected chi connectivity index (χ0v) is 12.5. The van der Waals surface area contributed by atoms with Gasteiger partial charge in [-0.1, -0.05) is 54.6 Å². The zero-order valence-electron chi connectivity index (χ0n) is 11.7. The number of nitrogens with two attached hydrogens (primary N) is 1. The third-order valence-electron chi connectivity index (χ3n) is 4.19.